The Labute approximate surface area is 107 Å². The molecule has 0 aliphatic heterocycles. The quantitative estimate of drug-likeness (QED) is 0.867. The molecule has 3 nitrogen and oxygen atoms in total. The van der Waals surface area contributed by atoms with E-state index in [1.54, 1.807) is 24.3 Å². The van der Waals surface area contributed by atoms with Crippen molar-refractivity contribution in [1.82, 2.24) is 5.32 Å². The summed E-state index contributed by atoms with van der Waals surface area (Å²) in [5.74, 6) is -1.50. The number of nitrogens with one attached hydrogen (secondary N) is 1. The molecule has 0 saturated carbocycles. The first-order valence-corrected chi connectivity index (χ1v) is 5.49. The molecular formula is C11H12ClF3N2O. The Kier molecular flexibility index (Phi) is 4.98. The summed E-state index contributed by atoms with van der Waals surface area (Å²) in [6, 6.07) is 6.23. The van der Waals surface area contributed by atoms with Crippen LogP contribution in [0.3, 0.4) is 0 Å². The van der Waals surface area contributed by atoms with E-state index in [4.69, 9.17) is 17.3 Å². The summed E-state index contributed by atoms with van der Waals surface area (Å²) in [6.45, 7) is -1.33. The van der Waals surface area contributed by atoms with Crippen LogP contribution < -0.4 is 11.1 Å². The highest BCUT2D eigenvalue weighted by Gasteiger charge is 2.27. The normalized spacial score (nSPS) is 13.3. The van der Waals surface area contributed by atoms with Crippen molar-refractivity contribution in [3.05, 3.63) is 34.9 Å². The summed E-state index contributed by atoms with van der Waals surface area (Å²) in [5.41, 5.74) is 5.69. The number of alkyl halides is 3. The Morgan fingerprint density at radius 3 is 2.33 bits per heavy atom. The van der Waals surface area contributed by atoms with Crippen LogP contribution in [0.1, 0.15) is 11.5 Å². The molecule has 1 unspecified atom stereocenters. The van der Waals surface area contributed by atoms with Gasteiger partial charge in [0.25, 0.3) is 0 Å². The molecule has 1 amide bonds. The lowest BCUT2D eigenvalue weighted by Gasteiger charge is -2.15. The maximum atomic E-state index is 12.0. The fraction of sp³-hybridized carbons (Fsp3) is 0.364. The smallest absolute Gasteiger partial charge is 0.369 e. The minimum atomic E-state index is -4.32. The average Bonchev–Trinajstić information content (AvgIpc) is 2.24. The molecule has 100 valence electrons. The van der Waals surface area contributed by atoms with Crippen LogP contribution in [-0.4, -0.2) is 25.2 Å². The minimum absolute atomic E-state index is 0.170. The molecule has 7 heteroatoms. The summed E-state index contributed by atoms with van der Waals surface area (Å²) in [7, 11) is 0. The maximum absolute atomic E-state index is 12.0. The zero-order valence-corrected chi connectivity index (χ0v) is 10.1. The van der Waals surface area contributed by atoms with Crippen LogP contribution in [0.15, 0.2) is 24.3 Å². The van der Waals surface area contributed by atoms with Crippen molar-refractivity contribution < 1.29 is 18.0 Å². The second kappa shape index (κ2) is 6.06. The van der Waals surface area contributed by atoms with E-state index in [0.717, 1.165) is 0 Å². The van der Waals surface area contributed by atoms with Gasteiger partial charge in [0.15, 0.2) is 0 Å². The van der Waals surface area contributed by atoms with Crippen LogP contribution in [-0.2, 0) is 4.79 Å². The molecule has 0 aromatic heterocycles. The monoisotopic (exact) mass is 280 g/mol. The third kappa shape index (κ3) is 4.93. The van der Waals surface area contributed by atoms with Gasteiger partial charge in [0, 0.05) is 11.6 Å². The molecule has 0 spiro atoms. The number of hydrogen-bond acceptors (Lipinski definition) is 2. The van der Waals surface area contributed by atoms with Crippen LogP contribution in [0.25, 0.3) is 0 Å². The van der Waals surface area contributed by atoms with E-state index < -0.39 is 24.5 Å². The van der Waals surface area contributed by atoms with E-state index >= 15 is 0 Å². The summed E-state index contributed by atoms with van der Waals surface area (Å²) in [5, 5.41) is 2.64. The number of benzene rings is 1. The van der Waals surface area contributed by atoms with E-state index in [1.165, 1.54) is 0 Å². The average molecular weight is 281 g/mol. The SMILES string of the molecule is NC(=O)C(CNCC(F)(F)F)c1ccc(Cl)cc1. The van der Waals surface area contributed by atoms with Crippen molar-refractivity contribution >= 4 is 17.5 Å². The third-order valence-electron chi connectivity index (χ3n) is 2.29. The number of hydrogen-bond donors (Lipinski definition) is 2. The van der Waals surface area contributed by atoms with Gasteiger partial charge in [0.1, 0.15) is 0 Å². The molecule has 0 bridgehead atoms. The second-order valence-corrected chi connectivity index (χ2v) is 4.19. The third-order valence-corrected chi connectivity index (χ3v) is 2.54. The molecular weight excluding hydrogens is 269 g/mol. The Bertz CT molecular complexity index is 406. The molecule has 0 fully saturated rings. The Hall–Kier alpha value is -1.27. The number of rotatable bonds is 5. The van der Waals surface area contributed by atoms with Crippen LogP contribution in [0.2, 0.25) is 5.02 Å². The summed E-state index contributed by atoms with van der Waals surface area (Å²) >= 11 is 5.68. The Morgan fingerprint density at radius 2 is 1.89 bits per heavy atom. The highest BCUT2D eigenvalue weighted by Crippen LogP contribution is 2.18. The number of halogens is 4. The van der Waals surface area contributed by atoms with Gasteiger partial charge in [0.2, 0.25) is 5.91 Å². The summed E-state index contributed by atoms with van der Waals surface area (Å²) in [6.07, 6.45) is -4.32. The van der Waals surface area contributed by atoms with Crippen molar-refractivity contribution in [2.75, 3.05) is 13.1 Å². The van der Waals surface area contributed by atoms with Gasteiger partial charge in [-0.3, -0.25) is 4.79 Å². The molecule has 0 aliphatic carbocycles. The van der Waals surface area contributed by atoms with E-state index in [2.05, 4.69) is 5.32 Å². The molecule has 1 atom stereocenters. The molecule has 3 N–H and O–H groups in total. The van der Waals surface area contributed by atoms with E-state index in [0.29, 0.717) is 10.6 Å². The van der Waals surface area contributed by atoms with Crippen molar-refractivity contribution in [3.8, 4) is 0 Å². The van der Waals surface area contributed by atoms with Crippen molar-refractivity contribution in [2.45, 2.75) is 12.1 Å². The van der Waals surface area contributed by atoms with E-state index in [1.807, 2.05) is 0 Å². The lowest BCUT2D eigenvalue weighted by Crippen LogP contribution is -2.36. The number of carbonyl (C=O) groups excluding carboxylic acids is 1. The predicted molar refractivity (Wildman–Crippen MR) is 62.3 cm³/mol. The Balaban J connectivity index is 2.66. The lowest BCUT2D eigenvalue weighted by molar-refractivity contribution is -0.127. The molecule has 1 aromatic rings. The van der Waals surface area contributed by atoms with Gasteiger partial charge >= 0.3 is 6.18 Å². The standard InChI is InChI=1S/C11H12ClF3N2O/c12-8-3-1-7(2-4-8)9(10(16)18)5-17-6-11(13,14)15/h1-4,9,17H,5-6H2,(H2,16,18). The largest absolute Gasteiger partial charge is 0.401 e. The van der Waals surface area contributed by atoms with Gasteiger partial charge in [-0.05, 0) is 17.7 Å². The summed E-state index contributed by atoms with van der Waals surface area (Å²) in [4.78, 5) is 11.2. The van der Waals surface area contributed by atoms with Crippen LogP contribution >= 0.6 is 11.6 Å². The number of amides is 1. The molecule has 1 aromatic carbocycles. The first-order valence-electron chi connectivity index (χ1n) is 5.12. The van der Waals surface area contributed by atoms with Crippen LogP contribution in [0.4, 0.5) is 13.2 Å². The molecule has 0 heterocycles. The van der Waals surface area contributed by atoms with Crippen molar-refractivity contribution in [3.63, 3.8) is 0 Å². The van der Waals surface area contributed by atoms with Gasteiger partial charge < -0.3 is 11.1 Å². The number of primary amides is 1. The van der Waals surface area contributed by atoms with Crippen LogP contribution in [0, 0.1) is 0 Å². The first-order chi connectivity index (χ1) is 8.29. The molecule has 0 aliphatic rings. The minimum Gasteiger partial charge on any atom is -0.369 e. The maximum Gasteiger partial charge on any atom is 0.401 e. The highest BCUT2D eigenvalue weighted by molar-refractivity contribution is 6.30. The van der Waals surface area contributed by atoms with Gasteiger partial charge in [-0.15, -0.1) is 0 Å². The lowest BCUT2D eigenvalue weighted by atomic mass is 9.98. The highest BCUT2D eigenvalue weighted by atomic mass is 35.5. The molecule has 0 radical (unpaired) electrons. The molecule has 18 heavy (non-hydrogen) atoms. The summed E-state index contributed by atoms with van der Waals surface area (Å²) < 4.78 is 35.9. The van der Waals surface area contributed by atoms with Gasteiger partial charge in [0.05, 0.1) is 12.5 Å². The fourth-order valence-corrected chi connectivity index (χ4v) is 1.56. The molecule has 1 rings (SSSR count). The predicted octanol–water partition coefficient (Wildman–Crippen LogP) is 2.06. The zero-order chi connectivity index (χ0) is 13.8. The van der Waals surface area contributed by atoms with Crippen molar-refractivity contribution in [2.24, 2.45) is 5.73 Å². The first kappa shape index (κ1) is 14.8. The van der Waals surface area contributed by atoms with Crippen LogP contribution in [0.5, 0.6) is 0 Å². The van der Waals surface area contributed by atoms with Gasteiger partial charge in [-0.1, -0.05) is 23.7 Å². The topological polar surface area (TPSA) is 55.1 Å². The van der Waals surface area contributed by atoms with E-state index in [9.17, 15) is 18.0 Å². The number of nitrogens with two attached hydrogens (primary N) is 1. The zero-order valence-electron chi connectivity index (χ0n) is 9.30. The van der Waals surface area contributed by atoms with Gasteiger partial charge in [-0.25, -0.2) is 0 Å². The Morgan fingerprint density at radius 1 is 1.33 bits per heavy atom. The fourth-order valence-electron chi connectivity index (χ4n) is 1.44. The van der Waals surface area contributed by atoms with E-state index in [-0.39, 0.29) is 6.54 Å². The van der Waals surface area contributed by atoms with Gasteiger partial charge in [-0.2, -0.15) is 13.2 Å². The number of carbonyl (C=O) groups is 1. The second-order valence-electron chi connectivity index (χ2n) is 3.75. The van der Waals surface area contributed by atoms with Crippen molar-refractivity contribution in [1.29, 1.82) is 0 Å². The molecule has 0 saturated heterocycles.